The van der Waals surface area contributed by atoms with Gasteiger partial charge in [0.1, 0.15) is 11.5 Å². The lowest BCUT2D eigenvalue weighted by Crippen LogP contribution is -2.20. The van der Waals surface area contributed by atoms with E-state index in [-0.39, 0.29) is 0 Å². The summed E-state index contributed by atoms with van der Waals surface area (Å²) in [7, 11) is 3.99. The van der Waals surface area contributed by atoms with Gasteiger partial charge in [-0.2, -0.15) is 0 Å². The van der Waals surface area contributed by atoms with E-state index in [1.807, 2.05) is 53.7 Å². The number of anilines is 1. The van der Waals surface area contributed by atoms with Crippen LogP contribution in [0.15, 0.2) is 36.8 Å². The fourth-order valence-electron chi connectivity index (χ4n) is 2.30. The van der Waals surface area contributed by atoms with Crippen LogP contribution in [0.25, 0.3) is 5.65 Å². The molecule has 104 valence electrons. The number of nitrogens with zero attached hydrogens (tertiary/aromatic N) is 5. The molecule has 0 radical (unpaired) electrons. The van der Waals surface area contributed by atoms with Crippen LogP contribution in [0.1, 0.15) is 11.5 Å². The summed E-state index contributed by atoms with van der Waals surface area (Å²) in [5.74, 6) is 2.31. The highest BCUT2D eigenvalue weighted by Crippen LogP contribution is 2.23. The number of rotatable bonds is 4. The maximum absolute atomic E-state index is 6.10. The largest absolute Gasteiger partial charge is 0.351 e. The third-order valence-electron chi connectivity index (χ3n) is 3.40. The van der Waals surface area contributed by atoms with Crippen LogP contribution in [0.2, 0.25) is 0 Å². The molecule has 0 bridgehead atoms. The highest BCUT2D eigenvalue weighted by atomic mass is 35.5. The van der Waals surface area contributed by atoms with E-state index in [0.29, 0.717) is 12.4 Å². The van der Waals surface area contributed by atoms with Crippen molar-refractivity contribution in [3.8, 4) is 0 Å². The average molecular weight is 290 g/mol. The molecule has 0 aromatic carbocycles. The Balaban J connectivity index is 1.98. The highest BCUT2D eigenvalue weighted by molar-refractivity contribution is 6.17. The number of hydrogen-bond donors (Lipinski definition) is 0. The first-order valence-electron chi connectivity index (χ1n) is 6.40. The molecule has 0 aliphatic rings. The molecule has 0 N–H and O–H groups in total. The third-order valence-corrected chi connectivity index (χ3v) is 3.65. The van der Waals surface area contributed by atoms with E-state index >= 15 is 0 Å². The van der Waals surface area contributed by atoms with Gasteiger partial charge in [0.15, 0.2) is 5.82 Å². The number of fused-ring (bicyclic) bond motifs is 1. The van der Waals surface area contributed by atoms with E-state index in [1.54, 1.807) is 6.20 Å². The summed E-state index contributed by atoms with van der Waals surface area (Å²) in [6.45, 7) is 0.692. The van der Waals surface area contributed by atoms with Crippen molar-refractivity contribution in [2.24, 2.45) is 7.05 Å². The second kappa shape index (κ2) is 5.17. The van der Waals surface area contributed by atoms with Crippen LogP contribution >= 0.6 is 11.6 Å². The third kappa shape index (κ3) is 2.14. The summed E-state index contributed by atoms with van der Waals surface area (Å²) in [5.41, 5.74) is 1.91. The zero-order valence-electron chi connectivity index (χ0n) is 11.5. The molecule has 0 aliphatic heterocycles. The van der Waals surface area contributed by atoms with Crippen molar-refractivity contribution in [2.45, 2.75) is 12.4 Å². The minimum Gasteiger partial charge on any atom is -0.351 e. The average Bonchev–Trinajstić information content (AvgIpc) is 3.02. The van der Waals surface area contributed by atoms with Crippen LogP contribution in [0.3, 0.4) is 0 Å². The van der Waals surface area contributed by atoms with Gasteiger partial charge >= 0.3 is 0 Å². The fourth-order valence-corrected chi connectivity index (χ4v) is 2.55. The predicted octanol–water partition coefficient (Wildman–Crippen LogP) is 2.44. The lowest BCUT2D eigenvalue weighted by atomic mass is 10.4. The number of halogens is 1. The normalized spacial score (nSPS) is 11.2. The van der Waals surface area contributed by atoms with Gasteiger partial charge in [-0.1, -0.05) is 6.07 Å². The molecule has 3 aromatic rings. The van der Waals surface area contributed by atoms with Crippen LogP contribution in [0, 0.1) is 0 Å². The Bertz CT molecular complexity index is 730. The molecule has 0 fully saturated rings. The highest BCUT2D eigenvalue weighted by Gasteiger charge is 2.16. The maximum atomic E-state index is 6.10. The van der Waals surface area contributed by atoms with Crippen molar-refractivity contribution >= 4 is 23.1 Å². The van der Waals surface area contributed by atoms with Gasteiger partial charge < -0.3 is 13.9 Å². The summed E-state index contributed by atoms with van der Waals surface area (Å²) in [6, 6.07) is 5.93. The van der Waals surface area contributed by atoms with Gasteiger partial charge in [-0.05, 0) is 12.1 Å². The van der Waals surface area contributed by atoms with Crippen LogP contribution in [0.5, 0.6) is 0 Å². The van der Waals surface area contributed by atoms with Crippen molar-refractivity contribution in [2.75, 3.05) is 11.9 Å². The monoisotopic (exact) mass is 289 g/mol. The molecule has 0 unspecified atom stereocenters. The molecule has 0 saturated heterocycles. The Kier molecular flexibility index (Phi) is 3.36. The van der Waals surface area contributed by atoms with Gasteiger partial charge in [-0.15, -0.1) is 11.6 Å². The molecule has 0 aliphatic carbocycles. The summed E-state index contributed by atoms with van der Waals surface area (Å²) >= 11 is 6.10. The zero-order valence-corrected chi connectivity index (χ0v) is 12.2. The molecular weight excluding hydrogens is 274 g/mol. The lowest BCUT2D eigenvalue weighted by Gasteiger charge is -2.17. The summed E-state index contributed by atoms with van der Waals surface area (Å²) < 4.78 is 4.03. The second-order valence-electron chi connectivity index (χ2n) is 4.76. The number of aromatic nitrogens is 4. The van der Waals surface area contributed by atoms with Crippen LogP contribution < -0.4 is 4.90 Å². The molecule has 20 heavy (non-hydrogen) atoms. The van der Waals surface area contributed by atoms with Crippen molar-refractivity contribution in [1.29, 1.82) is 0 Å². The SMILES string of the molecule is CN(Cc1nccn1C)c1nc2ccccn2c1CCl. The van der Waals surface area contributed by atoms with Crippen molar-refractivity contribution in [3.63, 3.8) is 0 Å². The van der Waals surface area contributed by atoms with Crippen molar-refractivity contribution in [1.82, 2.24) is 18.9 Å². The Labute approximate surface area is 122 Å². The van der Waals surface area contributed by atoms with E-state index in [0.717, 1.165) is 23.0 Å². The number of alkyl halides is 1. The molecular formula is C14H16ClN5. The Morgan fingerprint density at radius 1 is 1.30 bits per heavy atom. The quantitative estimate of drug-likeness (QED) is 0.693. The van der Waals surface area contributed by atoms with Crippen molar-refractivity contribution < 1.29 is 0 Å². The van der Waals surface area contributed by atoms with Gasteiger partial charge in [0.05, 0.1) is 18.1 Å². The standard InChI is InChI=1S/C14H16ClN5/c1-18-8-6-16-13(18)10-19(2)14-11(9-15)20-7-4-3-5-12(20)17-14/h3-8H,9-10H2,1-2H3. The van der Waals surface area contributed by atoms with Crippen LogP contribution in [-0.4, -0.2) is 26.0 Å². The summed E-state index contributed by atoms with van der Waals surface area (Å²) in [5, 5.41) is 0. The van der Waals surface area contributed by atoms with E-state index in [2.05, 4.69) is 14.9 Å². The minimum absolute atomic E-state index is 0.422. The molecule has 0 atom stereocenters. The number of aryl methyl sites for hydroxylation is 1. The van der Waals surface area contributed by atoms with Gasteiger partial charge in [-0.25, -0.2) is 9.97 Å². The van der Waals surface area contributed by atoms with Crippen molar-refractivity contribution in [3.05, 3.63) is 48.3 Å². The topological polar surface area (TPSA) is 38.4 Å². The van der Waals surface area contributed by atoms with Gasteiger partial charge in [0.2, 0.25) is 0 Å². The fraction of sp³-hybridized carbons (Fsp3) is 0.286. The Hall–Kier alpha value is -2.01. The second-order valence-corrected chi connectivity index (χ2v) is 5.02. The van der Waals surface area contributed by atoms with Gasteiger partial charge in [-0.3, -0.25) is 0 Å². The smallest absolute Gasteiger partial charge is 0.152 e. The maximum Gasteiger partial charge on any atom is 0.152 e. The van der Waals surface area contributed by atoms with E-state index in [1.165, 1.54) is 0 Å². The summed E-state index contributed by atoms with van der Waals surface area (Å²) in [6.07, 6.45) is 5.72. The number of hydrogen-bond acceptors (Lipinski definition) is 3. The van der Waals surface area contributed by atoms with Crippen LogP contribution in [0.4, 0.5) is 5.82 Å². The first kappa shape index (κ1) is 13.0. The molecule has 5 nitrogen and oxygen atoms in total. The van der Waals surface area contributed by atoms with Gasteiger partial charge in [0, 0.05) is 32.7 Å². The predicted molar refractivity (Wildman–Crippen MR) is 80.1 cm³/mol. The zero-order chi connectivity index (χ0) is 14.1. The lowest BCUT2D eigenvalue weighted by molar-refractivity contribution is 0.755. The number of pyridine rings is 1. The van der Waals surface area contributed by atoms with Gasteiger partial charge in [0.25, 0.3) is 0 Å². The molecule has 3 heterocycles. The summed E-state index contributed by atoms with van der Waals surface area (Å²) in [4.78, 5) is 11.1. The Morgan fingerprint density at radius 2 is 2.15 bits per heavy atom. The van der Waals surface area contributed by atoms with Crippen LogP contribution in [-0.2, 0) is 19.5 Å². The molecule has 6 heteroatoms. The Morgan fingerprint density at radius 3 is 2.85 bits per heavy atom. The first-order chi connectivity index (χ1) is 9.70. The molecule has 0 saturated carbocycles. The molecule has 3 aromatic heterocycles. The number of imidazole rings is 2. The van der Waals surface area contributed by atoms with E-state index < -0.39 is 0 Å². The minimum atomic E-state index is 0.422. The van der Waals surface area contributed by atoms with E-state index in [4.69, 9.17) is 11.6 Å². The molecule has 0 spiro atoms. The molecule has 0 amide bonds. The molecule has 3 rings (SSSR count). The first-order valence-corrected chi connectivity index (χ1v) is 6.93. The van der Waals surface area contributed by atoms with E-state index in [9.17, 15) is 0 Å².